The Hall–Kier alpha value is 0.270. The summed E-state index contributed by atoms with van der Waals surface area (Å²) in [6.45, 7) is 1.90. The average molecular weight is 183 g/mol. The van der Waals surface area contributed by atoms with Crippen molar-refractivity contribution in [2.45, 2.75) is 6.92 Å². The molecule has 0 aromatic rings. The van der Waals surface area contributed by atoms with Crippen molar-refractivity contribution in [1.29, 1.82) is 0 Å². The molecule has 2 heteroatoms. The molecule has 0 saturated carbocycles. The van der Waals surface area contributed by atoms with Gasteiger partial charge in [-0.15, -0.1) is 0 Å². The third kappa shape index (κ3) is 4.27. The Balaban J connectivity index is 3.14. The molecule has 0 aliphatic carbocycles. The Morgan fingerprint density at radius 1 is 2.00 bits per heavy atom. The first-order chi connectivity index (χ1) is 2.27. The van der Waals surface area contributed by atoms with Crippen LogP contribution in [0.1, 0.15) is 6.92 Å². The van der Waals surface area contributed by atoms with Gasteiger partial charge in [-0.1, -0.05) is 6.08 Å². The first kappa shape index (κ1) is 5.27. The maximum atomic E-state index is 5.14. The van der Waals surface area contributed by atoms with E-state index in [4.69, 9.17) is 5.73 Å². The van der Waals surface area contributed by atoms with Crippen LogP contribution in [0.2, 0.25) is 0 Å². The highest BCUT2D eigenvalue weighted by molar-refractivity contribution is 14.1. The Kier molecular flexibility index (Phi) is 2.64. The molecule has 0 radical (unpaired) electrons. The highest BCUT2D eigenvalue weighted by atomic mass is 127. The third-order valence-corrected chi connectivity index (χ3v) is 0.899. The van der Waals surface area contributed by atoms with E-state index in [2.05, 4.69) is 0 Å². The minimum Gasteiger partial charge on any atom is -0.394 e. The van der Waals surface area contributed by atoms with Crippen molar-refractivity contribution in [2.24, 2.45) is 5.73 Å². The van der Waals surface area contributed by atoms with Gasteiger partial charge < -0.3 is 5.73 Å². The summed E-state index contributed by atoms with van der Waals surface area (Å²) in [5, 5.41) is 0. The Bertz CT molecular complexity index is 44.9. The molecule has 0 fully saturated rings. The maximum absolute atomic E-state index is 5.14. The SMILES string of the molecule is C/C=C(\N)I. The monoisotopic (exact) mass is 183 g/mol. The van der Waals surface area contributed by atoms with E-state index in [0.717, 1.165) is 3.70 Å². The Labute approximate surface area is 45.4 Å². The summed E-state index contributed by atoms with van der Waals surface area (Å²) in [6.07, 6.45) is 1.85. The second-order valence-electron chi connectivity index (χ2n) is 0.674. The van der Waals surface area contributed by atoms with Crippen molar-refractivity contribution in [1.82, 2.24) is 0 Å². The van der Waals surface area contributed by atoms with Gasteiger partial charge in [-0.25, -0.2) is 0 Å². The van der Waals surface area contributed by atoms with Crippen molar-refractivity contribution in [3.63, 3.8) is 0 Å². The molecule has 0 unspecified atom stereocenters. The van der Waals surface area contributed by atoms with E-state index in [-0.39, 0.29) is 0 Å². The lowest BCUT2D eigenvalue weighted by Crippen LogP contribution is -1.81. The van der Waals surface area contributed by atoms with Gasteiger partial charge in [0.1, 0.15) is 0 Å². The highest BCUT2D eigenvalue weighted by Crippen LogP contribution is 1.91. The zero-order chi connectivity index (χ0) is 4.28. The predicted octanol–water partition coefficient (Wildman–Crippen LogP) is 1.24. The number of halogens is 1. The van der Waals surface area contributed by atoms with Crippen LogP contribution in [0.3, 0.4) is 0 Å². The van der Waals surface area contributed by atoms with Crippen molar-refractivity contribution >= 4 is 22.6 Å². The molecule has 0 rings (SSSR count). The lowest BCUT2D eigenvalue weighted by atomic mass is 10.7. The number of allylic oxidation sites excluding steroid dienone is 1. The van der Waals surface area contributed by atoms with Gasteiger partial charge in [-0.2, -0.15) is 0 Å². The van der Waals surface area contributed by atoms with E-state index in [0.29, 0.717) is 0 Å². The molecule has 0 spiro atoms. The zero-order valence-electron chi connectivity index (χ0n) is 3.03. The molecule has 0 amide bonds. The third-order valence-electron chi connectivity index (χ3n) is 0.276. The molecule has 0 atom stereocenters. The second kappa shape index (κ2) is 2.50. The molecule has 0 aromatic carbocycles. The van der Waals surface area contributed by atoms with E-state index < -0.39 is 0 Å². The van der Waals surface area contributed by atoms with Crippen molar-refractivity contribution < 1.29 is 0 Å². The summed E-state index contributed by atoms with van der Waals surface area (Å²) in [7, 11) is 0. The quantitative estimate of drug-likeness (QED) is 0.443. The molecule has 0 heterocycles. The molecular formula is C3H6IN. The molecular weight excluding hydrogens is 177 g/mol. The maximum Gasteiger partial charge on any atom is 0.0662 e. The van der Waals surface area contributed by atoms with Crippen LogP contribution in [0, 0.1) is 0 Å². The van der Waals surface area contributed by atoms with E-state index in [1.54, 1.807) is 0 Å². The summed E-state index contributed by atoms with van der Waals surface area (Å²) in [6, 6.07) is 0. The topological polar surface area (TPSA) is 26.0 Å². The number of hydrogen-bond acceptors (Lipinski definition) is 1. The minimum atomic E-state index is 0.850. The van der Waals surface area contributed by atoms with Crippen molar-refractivity contribution in [3.8, 4) is 0 Å². The number of rotatable bonds is 0. The van der Waals surface area contributed by atoms with Crippen LogP contribution in [0.4, 0.5) is 0 Å². The van der Waals surface area contributed by atoms with E-state index in [1.807, 2.05) is 35.6 Å². The lowest BCUT2D eigenvalue weighted by Gasteiger charge is -1.73. The normalized spacial score (nSPS) is 12.0. The van der Waals surface area contributed by atoms with E-state index in [1.165, 1.54) is 0 Å². The summed E-state index contributed by atoms with van der Waals surface area (Å²) in [5.41, 5.74) is 5.14. The summed E-state index contributed by atoms with van der Waals surface area (Å²) >= 11 is 2.05. The van der Waals surface area contributed by atoms with E-state index >= 15 is 0 Å². The fraction of sp³-hybridized carbons (Fsp3) is 0.333. The standard InChI is InChI=1S/C3H6IN/c1-2-3(4)5/h2H,5H2,1H3/b3-2-. The van der Waals surface area contributed by atoms with Gasteiger partial charge in [-0.3, -0.25) is 0 Å². The first-order valence-electron chi connectivity index (χ1n) is 1.34. The summed E-state index contributed by atoms with van der Waals surface area (Å²) in [5.74, 6) is 0. The second-order valence-corrected chi connectivity index (χ2v) is 1.92. The zero-order valence-corrected chi connectivity index (χ0v) is 5.19. The van der Waals surface area contributed by atoms with Crippen LogP contribution >= 0.6 is 22.6 Å². The van der Waals surface area contributed by atoms with Gasteiger partial charge in [-0.05, 0) is 29.5 Å². The summed E-state index contributed by atoms with van der Waals surface area (Å²) in [4.78, 5) is 0. The van der Waals surface area contributed by atoms with Crippen LogP contribution in [0.25, 0.3) is 0 Å². The molecule has 5 heavy (non-hydrogen) atoms. The number of hydrogen-bond donors (Lipinski definition) is 1. The molecule has 0 aromatic heterocycles. The smallest absolute Gasteiger partial charge is 0.0662 e. The lowest BCUT2D eigenvalue weighted by molar-refractivity contribution is 1.53. The van der Waals surface area contributed by atoms with Gasteiger partial charge >= 0.3 is 0 Å². The van der Waals surface area contributed by atoms with Gasteiger partial charge in [0.2, 0.25) is 0 Å². The minimum absolute atomic E-state index is 0.850. The number of nitrogens with two attached hydrogens (primary N) is 1. The predicted molar refractivity (Wildman–Crippen MR) is 32.0 cm³/mol. The van der Waals surface area contributed by atoms with Crippen LogP contribution in [0.15, 0.2) is 9.78 Å². The van der Waals surface area contributed by atoms with Gasteiger partial charge in [0.25, 0.3) is 0 Å². The van der Waals surface area contributed by atoms with Crippen LogP contribution in [-0.4, -0.2) is 0 Å². The fourth-order valence-corrected chi connectivity index (χ4v) is 0. The molecule has 30 valence electrons. The largest absolute Gasteiger partial charge is 0.394 e. The van der Waals surface area contributed by atoms with Gasteiger partial charge in [0.15, 0.2) is 0 Å². The van der Waals surface area contributed by atoms with Crippen molar-refractivity contribution in [3.05, 3.63) is 9.78 Å². The van der Waals surface area contributed by atoms with Gasteiger partial charge in [0.05, 0.1) is 3.70 Å². The molecule has 2 N–H and O–H groups in total. The van der Waals surface area contributed by atoms with Crippen LogP contribution in [-0.2, 0) is 0 Å². The Morgan fingerprint density at radius 2 is 2.20 bits per heavy atom. The molecule has 0 saturated heterocycles. The molecule has 0 aliphatic rings. The van der Waals surface area contributed by atoms with Gasteiger partial charge in [0, 0.05) is 0 Å². The van der Waals surface area contributed by atoms with Crippen LogP contribution < -0.4 is 5.73 Å². The molecule has 1 nitrogen and oxygen atoms in total. The van der Waals surface area contributed by atoms with E-state index in [9.17, 15) is 0 Å². The molecule has 0 aliphatic heterocycles. The van der Waals surface area contributed by atoms with Crippen LogP contribution in [0.5, 0.6) is 0 Å². The molecule has 0 bridgehead atoms. The highest BCUT2D eigenvalue weighted by Gasteiger charge is 1.63. The Morgan fingerprint density at radius 3 is 2.20 bits per heavy atom. The van der Waals surface area contributed by atoms with Crippen molar-refractivity contribution in [2.75, 3.05) is 0 Å². The first-order valence-corrected chi connectivity index (χ1v) is 2.42. The summed E-state index contributed by atoms with van der Waals surface area (Å²) < 4.78 is 0.850. The fourth-order valence-electron chi connectivity index (χ4n) is 0. The average Bonchev–Trinajstić information content (AvgIpc) is 1.38.